The van der Waals surface area contributed by atoms with Crippen molar-refractivity contribution in [1.29, 1.82) is 0 Å². The van der Waals surface area contributed by atoms with Crippen molar-refractivity contribution >= 4 is 22.5 Å². The molecule has 0 radical (unpaired) electrons. The van der Waals surface area contributed by atoms with Gasteiger partial charge in [-0.1, -0.05) is 26.2 Å². The highest BCUT2D eigenvalue weighted by molar-refractivity contribution is 5.83. The summed E-state index contributed by atoms with van der Waals surface area (Å²) >= 11 is 0. The Kier molecular flexibility index (Phi) is 6.46. The Labute approximate surface area is 182 Å². The van der Waals surface area contributed by atoms with E-state index < -0.39 is 6.04 Å². The van der Waals surface area contributed by atoms with Crippen LogP contribution < -0.4 is 10.9 Å². The van der Waals surface area contributed by atoms with Crippen LogP contribution in [0.1, 0.15) is 64.2 Å². The molecule has 1 aliphatic carbocycles. The van der Waals surface area contributed by atoms with E-state index in [1.165, 1.54) is 36.8 Å². The predicted octanol–water partition coefficient (Wildman–Crippen LogP) is 3.14. The lowest BCUT2D eigenvalue weighted by molar-refractivity contribution is -0.124. The smallest absolute Gasteiger partial charge is 0.291 e. The lowest BCUT2D eigenvalue weighted by atomic mass is 9.94. The van der Waals surface area contributed by atoms with Crippen molar-refractivity contribution in [2.75, 3.05) is 20.1 Å². The zero-order chi connectivity index (χ0) is 22.0. The zero-order valence-corrected chi connectivity index (χ0v) is 18.8. The molecular weight excluding hydrogens is 394 g/mol. The molecule has 31 heavy (non-hydrogen) atoms. The molecule has 1 fully saturated rings. The van der Waals surface area contributed by atoms with Crippen molar-refractivity contribution < 1.29 is 9.21 Å². The second kappa shape index (κ2) is 9.26. The monoisotopic (exact) mass is 427 g/mol. The minimum Gasteiger partial charge on any atom is -0.463 e. The number of nitrogens with one attached hydrogen (secondary N) is 1. The Morgan fingerprint density at radius 1 is 1.32 bits per heavy atom. The van der Waals surface area contributed by atoms with Crippen LogP contribution in [0, 0.1) is 0 Å². The molecule has 0 spiro atoms. The molecule has 1 amide bonds. The number of amides is 1. The molecular formula is C23H33N5O3. The van der Waals surface area contributed by atoms with Crippen LogP contribution in [0.5, 0.6) is 0 Å². The minimum absolute atomic E-state index is 0.184. The van der Waals surface area contributed by atoms with Crippen molar-refractivity contribution in [3.05, 3.63) is 34.6 Å². The summed E-state index contributed by atoms with van der Waals surface area (Å²) in [4.78, 5) is 28.2. The second-order valence-electron chi connectivity index (χ2n) is 8.65. The number of hydrogen-bond donors (Lipinski definition) is 1. The van der Waals surface area contributed by atoms with Gasteiger partial charge in [-0.15, -0.1) is 0 Å². The molecule has 168 valence electrons. The summed E-state index contributed by atoms with van der Waals surface area (Å²) in [5.74, 6) is 0.538. The van der Waals surface area contributed by atoms with Crippen LogP contribution >= 0.6 is 0 Å². The average molecular weight is 428 g/mol. The van der Waals surface area contributed by atoms with E-state index in [1.807, 2.05) is 17.4 Å². The Balaban J connectivity index is 1.41. The first-order valence-corrected chi connectivity index (χ1v) is 11.5. The SMILES string of the molecule is CCc1nn([C@H](C)C(=O)NCCCN(C)C2CCCCC2)c(=O)c2cc3occc3n12. The van der Waals surface area contributed by atoms with Crippen molar-refractivity contribution in [2.24, 2.45) is 0 Å². The Morgan fingerprint density at radius 3 is 2.84 bits per heavy atom. The van der Waals surface area contributed by atoms with Gasteiger partial charge in [0.2, 0.25) is 5.91 Å². The molecule has 0 saturated heterocycles. The molecule has 8 heteroatoms. The van der Waals surface area contributed by atoms with E-state index >= 15 is 0 Å². The summed E-state index contributed by atoms with van der Waals surface area (Å²) in [7, 11) is 2.18. The van der Waals surface area contributed by atoms with Gasteiger partial charge in [0.25, 0.3) is 5.56 Å². The molecule has 3 aromatic rings. The van der Waals surface area contributed by atoms with E-state index in [4.69, 9.17) is 4.42 Å². The van der Waals surface area contributed by atoms with Crippen LogP contribution in [0.2, 0.25) is 0 Å². The molecule has 4 rings (SSSR count). The minimum atomic E-state index is -0.680. The fourth-order valence-corrected chi connectivity index (χ4v) is 4.69. The maximum absolute atomic E-state index is 13.1. The zero-order valence-electron chi connectivity index (χ0n) is 18.8. The van der Waals surface area contributed by atoms with Gasteiger partial charge in [0.05, 0.1) is 11.8 Å². The van der Waals surface area contributed by atoms with Crippen LogP contribution in [0.15, 0.2) is 27.6 Å². The first kappa shape index (κ1) is 21.6. The number of nitrogens with zero attached hydrogens (tertiary/aromatic N) is 4. The fraction of sp³-hybridized carbons (Fsp3) is 0.609. The van der Waals surface area contributed by atoms with E-state index in [1.54, 1.807) is 19.3 Å². The lowest BCUT2D eigenvalue weighted by Gasteiger charge is -2.31. The molecule has 3 heterocycles. The number of hydrogen-bond acceptors (Lipinski definition) is 5. The summed E-state index contributed by atoms with van der Waals surface area (Å²) in [6.07, 6.45) is 9.68. The van der Waals surface area contributed by atoms with E-state index in [0.717, 1.165) is 24.3 Å². The molecule has 1 saturated carbocycles. The number of furan rings is 1. The Morgan fingerprint density at radius 2 is 2.10 bits per heavy atom. The molecule has 0 unspecified atom stereocenters. The Bertz CT molecular complexity index is 1110. The lowest BCUT2D eigenvalue weighted by Crippen LogP contribution is -2.40. The van der Waals surface area contributed by atoms with Crippen LogP contribution in [-0.2, 0) is 11.2 Å². The molecule has 0 aliphatic heterocycles. The van der Waals surface area contributed by atoms with E-state index in [9.17, 15) is 9.59 Å². The van der Waals surface area contributed by atoms with Gasteiger partial charge in [0.1, 0.15) is 17.4 Å². The summed E-state index contributed by atoms with van der Waals surface area (Å²) in [6, 6.07) is 3.54. The number of rotatable bonds is 8. The van der Waals surface area contributed by atoms with Gasteiger partial charge in [0, 0.05) is 31.1 Å². The number of carbonyl (C=O) groups is 1. The maximum atomic E-state index is 13.1. The highest BCUT2D eigenvalue weighted by atomic mass is 16.3. The van der Waals surface area contributed by atoms with Crippen LogP contribution in [0.25, 0.3) is 16.6 Å². The fourth-order valence-electron chi connectivity index (χ4n) is 4.69. The van der Waals surface area contributed by atoms with Crippen molar-refractivity contribution in [2.45, 2.75) is 70.9 Å². The molecule has 1 atom stereocenters. The van der Waals surface area contributed by atoms with Crippen molar-refractivity contribution in [3.63, 3.8) is 0 Å². The highest BCUT2D eigenvalue weighted by Crippen LogP contribution is 2.22. The third-order valence-electron chi connectivity index (χ3n) is 6.58. The van der Waals surface area contributed by atoms with Gasteiger partial charge in [-0.2, -0.15) is 5.10 Å². The Hall–Kier alpha value is -2.61. The van der Waals surface area contributed by atoms with Gasteiger partial charge in [-0.25, -0.2) is 4.68 Å². The number of aryl methyl sites for hydroxylation is 1. The van der Waals surface area contributed by atoms with Gasteiger partial charge >= 0.3 is 0 Å². The molecule has 1 aliphatic rings. The van der Waals surface area contributed by atoms with E-state index in [-0.39, 0.29) is 11.5 Å². The predicted molar refractivity (Wildman–Crippen MR) is 120 cm³/mol. The van der Waals surface area contributed by atoms with Crippen LogP contribution in [0.3, 0.4) is 0 Å². The van der Waals surface area contributed by atoms with Gasteiger partial charge < -0.3 is 14.6 Å². The molecule has 1 N–H and O–H groups in total. The standard InChI is InChI=1S/C23H33N5O3/c1-4-21-25-28(23(30)19-15-20-18(27(19)21)11-14-31-20)16(2)22(29)24-12-8-13-26(3)17-9-6-5-7-10-17/h11,14-17H,4-10,12-13H2,1-3H3,(H,24,29)/t16-/m1/s1. The number of carbonyl (C=O) groups excluding carboxylic acids is 1. The van der Waals surface area contributed by atoms with Crippen molar-refractivity contribution in [1.82, 2.24) is 24.4 Å². The molecule has 0 aromatic carbocycles. The van der Waals surface area contributed by atoms with Gasteiger partial charge in [-0.3, -0.25) is 14.0 Å². The van der Waals surface area contributed by atoms with Gasteiger partial charge in [0.15, 0.2) is 5.58 Å². The summed E-state index contributed by atoms with van der Waals surface area (Å²) in [6.45, 7) is 5.26. The van der Waals surface area contributed by atoms with E-state index in [0.29, 0.717) is 30.1 Å². The summed E-state index contributed by atoms with van der Waals surface area (Å²) < 4.78 is 8.58. The number of fused-ring (bicyclic) bond motifs is 3. The molecule has 0 bridgehead atoms. The molecule has 3 aromatic heterocycles. The summed E-state index contributed by atoms with van der Waals surface area (Å²) in [5.41, 5.74) is 1.66. The number of aromatic nitrogens is 3. The first-order chi connectivity index (χ1) is 15.0. The van der Waals surface area contributed by atoms with Crippen LogP contribution in [0.4, 0.5) is 0 Å². The van der Waals surface area contributed by atoms with E-state index in [2.05, 4.69) is 22.4 Å². The highest BCUT2D eigenvalue weighted by Gasteiger charge is 2.22. The maximum Gasteiger partial charge on any atom is 0.291 e. The van der Waals surface area contributed by atoms with Crippen LogP contribution in [-0.4, -0.2) is 51.2 Å². The third-order valence-corrected chi connectivity index (χ3v) is 6.58. The third kappa shape index (κ3) is 4.26. The quantitative estimate of drug-likeness (QED) is 0.558. The average Bonchev–Trinajstić information content (AvgIpc) is 3.39. The topological polar surface area (TPSA) is 84.8 Å². The largest absolute Gasteiger partial charge is 0.463 e. The second-order valence-corrected chi connectivity index (χ2v) is 8.65. The first-order valence-electron chi connectivity index (χ1n) is 11.5. The van der Waals surface area contributed by atoms with Gasteiger partial charge in [-0.05, 0) is 39.8 Å². The van der Waals surface area contributed by atoms with Crippen molar-refractivity contribution in [3.8, 4) is 0 Å². The normalized spacial score (nSPS) is 16.4. The molecule has 8 nitrogen and oxygen atoms in total. The summed E-state index contributed by atoms with van der Waals surface area (Å²) in [5, 5.41) is 7.50.